The third-order valence-electron chi connectivity index (χ3n) is 3.27. The Morgan fingerprint density at radius 2 is 2.05 bits per heavy atom. The van der Waals surface area contributed by atoms with Gasteiger partial charge in [-0.3, -0.25) is 4.79 Å². The first-order valence-electron chi connectivity index (χ1n) is 6.68. The summed E-state index contributed by atoms with van der Waals surface area (Å²) in [7, 11) is 0. The molecule has 110 valence electrons. The highest BCUT2D eigenvalue weighted by Crippen LogP contribution is 2.12. The molecule has 0 aliphatic heterocycles. The van der Waals surface area contributed by atoms with Crippen LogP contribution in [0.3, 0.4) is 0 Å². The molecule has 0 heterocycles. The van der Waals surface area contributed by atoms with Crippen LogP contribution in [-0.4, -0.2) is 23.0 Å². The minimum atomic E-state index is -0.461. The van der Waals surface area contributed by atoms with Gasteiger partial charge in [-0.15, -0.1) is 0 Å². The van der Waals surface area contributed by atoms with Crippen LogP contribution in [0.1, 0.15) is 30.5 Å². The van der Waals surface area contributed by atoms with Gasteiger partial charge in [0.2, 0.25) is 5.91 Å². The van der Waals surface area contributed by atoms with Crippen molar-refractivity contribution in [2.75, 3.05) is 0 Å². The zero-order valence-corrected chi connectivity index (χ0v) is 12.5. The van der Waals surface area contributed by atoms with E-state index in [9.17, 15) is 4.79 Å². The summed E-state index contributed by atoms with van der Waals surface area (Å²) in [6.45, 7) is 7.78. The molecule has 0 aliphatic carbocycles. The Kier molecular flexibility index (Phi) is 5.55. The fraction of sp³-hybridized carbons (Fsp3) is 0.467. The van der Waals surface area contributed by atoms with E-state index < -0.39 is 6.04 Å². The summed E-state index contributed by atoms with van der Waals surface area (Å²) in [6, 6.07) is 5.56. The minimum absolute atomic E-state index is 0.0225. The fourth-order valence-electron chi connectivity index (χ4n) is 2.03. The maximum Gasteiger partial charge on any atom is 0.225 e. The summed E-state index contributed by atoms with van der Waals surface area (Å²) in [5.41, 5.74) is 8.79. The molecular weight excluding hydrogens is 254 g/mol. The summed E-state index contributed by atoms with van der Waals surface area (Å²) in [5.74, 6) is -0.0632. The molecule has 0 spiro atoms. The van der Waals surface area contributed by atoms with E-state index in [2.05, 4.69) is 10.5 Å². The van der Waals surface area contributed by atoms with Crippen molar-refractivity contribution < 1.29 is 10.0 Å². The molecule has 1 rings (SSSR count). The average molecular weight is 277 g/mol. The van der Waals surface area contributed by atoms with E-state index in [0.29, 0.717) is 0 Å². The average Bonchev–Trinajstić information content (AvgIpc) is 2.39. The van der Waals surface area contributed by atoms with E-state index in [4.69, 9.17) is 10.9 Å². The maximum absolute atomic E-state index is 12.1. The molecule has 0 bridgehead atoms. The molecule has 20 heavy (non-hydrogen) atoms. The molecular formula is C15H23N3O2. The highest BCUT2D eigenvalue weighted by Gasteiger charge is 2.20. The number of benzene rings is 1. The summed E-state index contributed by atoms with van der Waals surface area (Å²) in [5, 5.41) is 14.5. The van der Waals surface area contributed by atoms with Crippen LogP contribution in [0, 0.1) is 19.8 Å². The molecule has 5 nitrogen and oxygen atoms in total. The molecule has 1 amide bonds. The molecule has 4 N–H and O–H groups in total. The Bertz CT molecular complexity index is 510. The number of rotatable bonds is 5. The number of carbonyl (C=O) groups excluding carboxylic acids is 1. The van der Waals surface area contributed by atoms with Gasteiger partial charge in [-0.05, 0) is 30.9 Å². The van der Waals surface area contributed by atoms with E-state index in [1.54, 1.807) is 0 Å². The van der Waals surface area contributed by atoms with Gasteiger partial charge in [-0.1, -0.05) is 42.8 Å². The number of nitrogens with zero attached hydrogens (tertiary/aromatic N) is 1. The third kappa shape index (κ3) is 4.26. The van der Waals surface area contributed by atoms with Crippen molar-refractivity contribution in [3.05, 3.63) is 34.9 Å². The van der Waals surface area contributed by atoms with Crippen molar-refractivity contribution in [3.8, 4) is 0 Å². The molecule has 0 aliphatic rings. The lowest BCUT2D eigenvalue weighted by Gasteiger charge is -2.21. The predicted octanol–water partition coefficient (Wildman–Crippen LogP) is 1.73. The maximum atomic E-state index is 12.1. The lowest BCUT2D eigenvalue weighted by atomic mass is 10.0. The van der Waals surface area contributed by atoms with Crippen LogP contribution in [0.15, 0.2) is 23.4 Å². The second-order valence-electron chi connectivity index (χ2n) is 5.42. The number of carbonyl (C=O) groups is 1. The third-order valence-corrected chi connectivity index (χ3v) is 3.27. The number of hydrogen-bond donors (Lipinski definition) is 3. The first-order valence-corrected chi connectivity index (χ1v) is 6.68. The number of hydrogen-bond acceptors (Lipinski definition) is 3. The monoisotopic (exact) mass is 277 g/mol. The summed E-state index contributed by atoms with van der Waals surface area (Å²) in [6.07, 6.45) is 0.287. The minimum Gasteiger partial charge on any atom is -0.409 e. The van der Waals surface area contributed by atoms with E-state index >= 15 is 0 Å². The van der Waals surface area contributed by atoms with E-state index in [-0.39, 0.29) is 24.1 Å². The standard InChI is InChI=1S/C15H23N3O2/c1-9(2)14(15(16)18-20)17-13(19)8-12-7-10(3)5-6-11(12)4/h5-7,9,14,20H,8H2,1-4H3,(H2,16,18)(H,17,19). The number of amidine groups is 1. The Balaban J connectivity index is 2.78. The van der Waals surface area contributed by atoms with Crippen LogP contribution in [0.5, 0.6) is 0 Å². The molecule has 0 radical (unpaired) electrons. The lowest BCUT2D eigenvalue weighted by Crippen LogP contribution is -2.48. The molecule has 0 saturated heterocycles. The largest absolute Gasteiger partial charge is 0.409 e. The van der Waals surface area contributed by atoms with Crippen molar-refractivity contribution in [2.45, 2.75) is 40.2 Å². The summed E-state index contributed by atoms with van der Waals surface area (Å²) in [4.78, 5) is 12.1. The highest BCUT2D eigenvalue weighted by atomic mass is 16.4. The Hall–Kier alpha value is -2.04. The van der Waals surface area contributed by atoms with Gasteiger partial charge in [0.1, 0.15) is 0 Å². The molecule has 5 heteroatoms. The highest BCUT2D eigenvalue weighted by molar-refractivity contribution is 5.90. The van der Waals surface area contributed by atoms with Gasteiger partial charge in [0.05, 0.1) is 12.5 Å². The Labute approximate surface area is 119 Å². The fourth-order valence-corrected chi connectivity index (χ4v) is 2.03. The van der Waals surface area contributed by atoms with Crippen molar-refractivity contribution in [3.63, 3.8) is 0 Å². The van der Waals surface area contributed by atoms with Gasteiger partial charge in [-0.25, -0.2) is 0 Å². The number of oxime groups is 1. The van der Waals surface area contributed by atoms with Gasteiger partial charge in [0.25, 0.3) is 0 Å². The van der Waals surface area contributed by atoms with Gasteiger partial charge < -0.3 is 16.3 Å². The quantitative estimate of drug-likeness (QED) is 0.331. The molecule has 1 aromatic rings. The van der Waals surface area contributed by atoms with Gasteiger partial charge >= 0.3 is 0 Å². The van der Waals surface area contributed by atoms with Crippen LogP contribution in [0.2, 0.25) is 0 Å². The zero-order valence-electron chi connectivity index (χ0n) is 12.5. The molecule has 0 saturated carbocycles. The van der Waals surface area contributed by atoms with Gasteiger partial charge in [-0.2, -0.15) is 0 Å². The molecule has 1 atom stereocenters. The molecule has 0 aromatic heterocycles. The zero-order chi connectivity index (χ0) is 15.3. The topological polar surface area (TPSA) is 87.7 Å². The SMILES string of the molecule is Cc1ccc(C)c(CC(=O)NC(C(N)=NO)C(C)C)c1. The molecule has 0 fully saturated rings. The van der Waals surface area contributed by atoms with Crippen molar-refractivity contribution in [2.24, 2.45) is 16.8 Å². The summed E-state index contributed by atoms with van der Waals surface area (Å²) >= 11 is 0. The van der Waals surface area contributed by atoms with Crippen molar-refractivity contribution in [1.82, 2.24) is 5.32 Å². The molecule has 1 unspecified atom stereocenters. The van der Waals surface area contributed by atoms with E-state index in [0.717, 1.165) is 16.7 Å². The number of nitrogens with two attached hydrogens (primary N) is 1. The second-order valence-corrected chi connectivity index (χ2v) is 5.42. The lowest BCUT2D eigenvalue weighted by molar-refractivity contribution is -0.121. The van der Waals surface area contributed by atoms with Crippen LogP contribution in [-0.2, 0) is 11.2 Å². The van der Waals surface area contributed by atoms with Crippen molar-refractivity contribution in [1.29, 1.82) is 0 Å². The molecule has 1 aromatic carbocycles. The first-order chi connectivity index (χ1) is 9.35. The normalized spacial score (nSPS) is 13.3. The van der Waals surface area contributed by atoms with E-state index in [1.165, 1.54) is 0 Å². The Morgan fingerprint density at radius 1 is 1.40 bits per heavy atom. The second kappa shape index (κ2) is 6.93. The summed E-state index contributed by atoms with van der Waals surface area (Å²) < 4.78 is 0. The Morgan fingerprint density at radius 3 is 2.60 bits per heavy atom. The van der Waals surface area contributed by atoms with Crippen LogP contribution >= 0.6 is 0 Å². The smallest absolute Gasteiger partial charge is 0.225 e. The van der Waals surface area contributed by atoms with Gasteiger partial charge in [0.15, 0.2) is 5.84 Å². The predicted molar refractivity (Wildman–Crippen MR) is 79.8 cm³/mol. The van der Waals surface area contributed by atoms with E-state index in [1.807, 2.05) is 45.9 Å². The first kappa shape index (κ1) is 16.0. The van der Waals surface area contributed by atoms with Crippen LogP contribution in [0.4, 0.5) is 0 Å². The van der Waals surface area contributed by atoms with Crippen LogP contribution in [0.25, 0.3) is 0 Å². The number of amides is 1. The van der Waals surface area contributed by atoms with Gasteiger partial charge in [0, 0.05) is 0 Å². The number of nitrogens with one attached hydrogen (secondary N) is 1. The number of aryl methyl sites for hydroxylation is 2. The van der Waals surface area contributed by atoms with Crippen LogP contribution < -0.4 is 11.1 Å². The van der Waals surface area contributed by atoms with Crippen molar-refractivity contribution >= 4 is 11.7 Å².